The normalized spacial score (nSPS) is 19.7. The number of carbonyl (C=O) groups excluding carboxylic acids is 1. The van der Waals surface area contributed by atoms with Gasteiger partial charge in [-0.2, -0.15) is 0 Å². The fraction of sp³-hybridized carbons (Fsp3) is 0.591. The number of carbonyl (C=O) groups is 2. The van der Waals surface area contributed by atoms with Gasteiger partial charge < -0.3 is 19.6 Å². The van der Waals surface area contributed by atoms with Crippen molar-refractivity contribution in [1.29, 1.82) is 0 Å². The number of rotatable bonds is 3. The Morgan fingerprint density at radius 1 is 1.13 bits per heavy atom. The van der Waals surface area contributed by atoms with Gasteiger partial charge in [0.25, 0.3) is 11.5 Å². The molecule has 2 aromatic rings. The van der Waals surface area contributed by atoms with E-state index >= 15 is 0 Å². The van der Waals surface area contributed by atoms with Crippen molar-refractivity contribution in [3.8, 4) is 0 Å². The zero-order valence-corrected chi connectivity index (χ0v) is 18.7. The van der Waals surface area contributed by atoms with Gasteiger partial charge in [0.05, 0.1) is 22.5 Å². The summed E-state index contributed by atoms with van der Waals surface area (Å²) in [5.41, 5.74) is 1.19. The number of hydrogen-bond acceptors (Lipinski definition) is 3. The summed E-state index contributed by atoms with van der Waals surface area (Å²) >= 11 is 0. The van der Waals surface area contributed by atoms with Crippen molar-refractivity contribution in [2.24, 2.45) is 14.1 Å². The lowest BCUT2D eigenvalue weighted by atomic mass is 9.86. The minimum atomic E-state index is -0.983. The smallest absolute Gasteiger partial charge is 0.408 e. The topological polar surface area (TPSA) is 96.6 Å². The van der Waals surface area contributed by atoms with Gasteiger partial charge in [0.15, 0.2) is 0 Å². The summed E-state index contributed by atoms with van der Waals surface area (Å²) in [6.07, 6.45) is 5.72. The van der Waals surface area contributed by atoms with Crippen LogP contribution in [-0.2, 0) is 14.1 Å². The maximum Gasteiger partial charge on any atom is 0.408 e. The second-order valence-corrected chi connectivity index (χ2v) is 9.36. The molecule has 0 aliphatic heterocycles. The number of amides is 2. The Kier molecular flexibility index (Phi) is 5.71. The Hall–Kier alpha value is -2.77. The molecule has 8 nitrogen and oxygen atoms in total. The summed E-state index contributed by atoms with van der Waals surface area (Å²) < 4.78 is 3.29. The molecule has 1 aliphatic carbocycles. The molecule has 1 fully saturated rings. The number of aryl methyl sites for hydroxylation is 3. The number of nitrogens with zero attached hydrogens (tertiary/aromatic N) is 3. The monoisotopic (exact) mass is 416 g/mol. The van der Waals surface area contributed by atoms with Gasteiger partial charge in [0, 0.05) is 38.1 Å². The molecule has 30 heavy (non-hydrogen) atoms. The van der Waals surface area contributed by atoms with Crippen LogP contribution in [0.2, 0.25) is 0 Å². The molecule has 1 saturated carbocycles. The van der Waals surface area contributed by atoms with E-state index in [1.54, 1.807) is 24.0 Å². The Balaban J connectivity index is 1.99. The van der Waals surface area contributed by atoms with Crippen LogP contribution in [0.25, 0.3) is 10.9 Å². The fourth-order valence-corrected chi connectivity index (χ4v) is 4.84. The van der Waals surface area contributed by atoms with Crippen molar-refractivity contribution >= 4 is 22.9 Å². The van der Waals surface area contributed by atoms with Gasteiger partial charge in [-0.05, 0) is 46.1 Å². The van der Waals surface area contributed by atoms with Crippen molar-refractivity contribution in [3.63, 3.8) is 0 Å². The van der Waals surface area contributed by atoms with Crippen LogP contribution in [0.15, 0.2) is 17.2 Å². The highest BCUT2D eigenvalue weighted by Gasteiger charge is 2.39. The van der Waals surface area contributed by atoms with Crippen LogP contribution in [-0.4, -0.2) is 48.8 Å². The molecule has 0 aromatic carbocycles. The zero-order valence-electron chi connectivity index (χ0n) is 18.7. The minimum absolute atomic E-state index is 0.219. The lowest BCUT2D eigenvalue weighted by molar-refractivity contribution is 0.0406. The second kappa shape index (κ2) is 7.81. The number of hydrogen-bond donors (Lipinski definition) is 2. The van der Waals surface area contributed by atoms with Gasteiger partial charge >= 0.3 is 6.09 Å². The molecule has 2 atom stereocenters. The molecule has 1 aliphatic rings. The molecule has 0 saturated heterocycles. The highest BCUT2D eigenvalue weighted by molar-refractivity contribution is 6.07. The first-order valence-electron chi connectivity index (χ1n) is 10.4. The molecule has 0 unspecified atom stereocenters. The minimum Gasteiger partial charge on any atom is -0.465 e. The van der Waals surface area contributed by atoms with Gasteiger partial charge in [-0.25, -0.2) is 4.79 Å². The number of pyridine rings is 1. The Morgan fingerprint density at radius 3 is 2.37 bits per heavy atom. The van der Waals surface area contributed by atoms with E-state index in [0.717, 1.165) is 23.9 Å². The third kappa shape index (κ3) is 3.82. The number of fused-ring (bicyclic) bond motifs is 1. The Labute approximate surface area is 176 Å². The van der Waals surface area contributed by atoms with Crippen molar-refractivity contribution in [2.45, 2.75) is 71.0 Å². The summed E-state index contributed by atoms with van der Waals surface area (Å²) in [5, 5.41) is 13.3. The average Bonchev–Trinajstić information content (AvgIpc) is 2.98. The first-order valence-corrected chi connectivity index (χ1v) is 10.4. The quantitative estimate of drug-likeness (QED) is 0.804. The van der Waals surface area contributed by atoms with E-state index in [1.165, 1.54) is 9.47 Å². The van der Waals surface area contributed by atoms with Crippen LogP contribution in [0, 0.1) is 6.92 Å². The summed E-state index contributed by atoms with van der Waals surface area (Å²) in [6.45, 7) is 7.51. The van der Waals surface area contributed by atoms with Crippen LogP contribution < -0.4 is 10.9 Å². The van der Waals surface area contributed by atoms with E-state index in [2.05, 4.69) is 5.32 Å². The van der Waals surface area contributed by atoms with Crippen molar-refractivity contribution < 1.29 is 14.7 Å². The standard InChI is InChI=1S/C22H32N4O4/c1-13-11-25(6)20(28)17-14(12-24(5)18(13)17)19(27)23-15-9-7-8-10-16(15)26(21(29)30)22(2,3)4/h11-12,15-16H,7-10H2,1-6H3,(H,23,27)(H,29,30)/t15-,16-/m0/s1. The van der Waals surface area contributed by atoms with E-state index in [-0.39, 0.29) is 23.6 Å². The SMILES string of the molecule is Cc1cn(C)c(=O)c2c(C(=O)N[C@H]3CCCC[C@@H]3N(C(=O)O)C(C)(C)C)cn(C)c12. The Morgan fingerprint density at radius 2 is 1.77 bits per heavy atom. The summed E-state index contributed by atoms with van der Waals surface area (Å²) in [5.74, 6) is -0.334. The van der Waals surface area contributed by atoms with Crippen LogP contribution in [0.1, 0.15) is 62.4 Å². The Bertz CT molecular complexity index is 1040. The molecular formula is C22H32N4O4. The molecule has 8 heteroatoms. The third-order valence-corrected chi connectivity index (χ3v) is 6.03. The van der Waals surface area contributed by atoms with Gasteiger partial charge in [0.1, 0.15) is 0 Å². The van der Waals surface area contributed by atoms with E-state index < -0.39 is 11.6 Å². The first kappa shape index (κ1) is 21.9. The molecule has 0 spiro atoms. The van der Waals surface area contributed by atoms with E-state index in [1.807, 2.05) is 34.7 Å². The molecule has 2 amide bonds. The maximum atomic E-state index is 13.3. The summed E-state index contributed by atoms with van der Waals surface area (Å²) in [7, 11) is 3.50. The molecule has 2 N–H and O–H groups in total. The van der Waals surface area contributed by atoms with Crippen molar-refractivity contribution in [3.05, 3.63) is 33.9 Å². The lowest BCUT2D eigenvalue weighted by Crippen LogP contribution is -2.60. The number of nitrogens with one attached hydrogen (secondary N) is 1. The zero-order chi connectivity index (χ0) is 22.4. The highest BCUT2D eigenvalue weighted by Crippen LogP contribution is 2.29. The largest absolute Gasteiger partial charge is 0.465 e. The van der Waals surface area contributed by atoms with Crippen LogP contribution in [0.4, 0.5) is 4.79 Å². The maximum absolute atomic E-state index is 13.3. The van der Waals surface area contributed by atoms with Gasteiger partial charge in [0.2, 0.25) is 0 Å². The predicted molar refractivity (Wildman–Crippen MR) is 116 cm³/mol. The summed E-state index contributed by atoms with van der Waals surface area (Å²) in [6, 6.07) is -0.606. The van der Waals surface area contributed by atoms with Crippen LogP contribution in [0.3, 0.4) is 0 Å². The number of carboxylic acid groups (broad SMARTS) is 1. The molecule has 0 radical (unpaired) electrons. The highest BCUT2D eigenvalue weighted by atomic mass is 16.4. The molecule has 164 valence electrons. The number of aromatic nitrogens is 2. The first-order chi connectivity index (χ1) is 13.9. The molecule has 2 aromatic heterocycles. The average molecular weight is 417 g/mol. The van der Waals surface area contributed by atoms with E-state index in [0.29, 0.717) is 23.8 Å². The molecule has 2 heterocycles. The van der Waals surface area contributed by atoms with Crippen LogP contribution in [0.5, 0.6) is 0 Å². The van der Waals surface area contributed by atoms with E-state index in [9.17, 15) is 19.5 Å². The fourth-order valence-electron chi connectivity index (χ4n) is 4.84. The van der Waals surface area contributed by atoms with Crippen molar-refractivity contribution in [2.75, 3.05) is 0 Å². The molecule has 0 bridgehead atoms. The van der Waals surface area contributed by atoms with Crippen molar-refractivity contribution in [1.82, 2.24) is 19.4 Å². The molecule has 3 rings (SSSR count). The summed E-state index contributed by atoms with van der Waals surface area (Å²) in [4.78, 5) is 39.5. The third-order valence-electron chi connectivity index (χ3n) is 6.03. The van der Waals surface area contributed by atoms with Gasteiger partial charge in [-0.1, -0.05) is 12.8 Å². The predicted octanol–water partition coefficient (Wildman–Crippen LogP) is 3.00. The molecular weight excluding hydrogens is 384 g/mol. The van der Waals surface area contributed by atoms with Gasteiger partial charge in [-0.15, -0.1) is 0 Å². The van der Waals surface area contributed by atoms with Gasteiger partial charge in [-0.3, -0.25) is 14.5 Å². The lowest BCUT2D eigenvalue weighted by Gasteiger charge is -2.45. The second-order valence-electron chi connectivity index (χ2n) is 9.36. The van der Waals surface area contributed by atoms with E-state index in [4.69, 9.17) is 0 Å². The van der Waals surface area contributed by atoms with Crippen LogP contribution >= 0.6 is 0 Å².